The molecule has 0 bridgehead atoms. The number of alkyl halides is 3. The molecule has 2 aromatic heterocycles. The Labute approximate surface area is 139 Å². The Bertz CT molecular complexity index is 976. The van der Waals surface area contributed by atoms with E-state index >= 15 is 0 Å². The summed E-state index contributed by atoms with van der Waals surface area (Å²) in [4.78, 5) is 20.3. The van der Waals surface area contributed by atoms with Crippen molar-refractivity contribution in [1.29, 1.82) is 0 Å². The van der Waals surface area contributed by atoms with Crippen LogP contribution in [0.3, 0.4) is 0 Å². The summed E-state index contributed by atoms with van der Waals surface area (Å²) >= 11 is 0. The Morgan fingerprint density at radius 2 is 2.00 bits per heavy atom. The molecule has 0 N–H and O–H groups in total. The Hall–Kier alpha value is -2.97. The summed E-state index contributed by atoms with van der Waals surface area (Å²) in [5, 5.41) is 3.69. The van der Waals surface area contributed by atoms with Gasteiger partial charge < -0.3 is 4.52 Å². The van der Waals surface area contributed by atoms with Crippen LogP contribution in [0.4, 0.5) is 13.2 Å². The molecule has 0 fully saturated rings. The van der Waals surface area contributed by atoms with Crippen LogP contribution in [0, 0.1) is 13.8 Å². The standard InChI is InChI=1S/C16H13F3N4O2/c1-9-10(2)20-8-23(15(9)24)7-13-21-14(22-25-13)11-4-3-5-12(6-11)16(17,18)19/h3-6,8H,7H2,1-2H3. The summed E-state index contributed by atoms with van der Waals surface area (Å²) in [6.07, 6.45) is -3.10. The lowest BCUT2D eigenvalue weighted by atomic mass is 10.1. The molecule has 0 saturated heterocycles. The Balaban J connectivity index is 1.89. The van der Waals surface area contributed by atoms with Crippen LogP contribution in [-0.2, 0) is 12.7 Å². The maximum Gasteiger partial charge on any atom is 0.416 e. The second kappa shape index (κ2) is 6.15. The molecule has 0 atom stereocenters. The van der Waals surface area contributed by atoms with Crippen LogP contribution < -0.4 is 5.56 Å². The predicted octanol–water partition coefficient (Wildman–Crippen LogP) is 2.98. The minimum Gasteiger partial charge on any atom is -0.337 e. The van der Waals surface area contributed by atoms with Crippen molar-refractivity contribution in [2.24, 2.45) is 0 Å². The van der Waals surface area contributed by atoms with E-state index in [1.165, 1.54) is 23.0 Å². The molecule has 0 saturated carbocycles. The molecule has 0 unspecified atom stereocenters. The van der Waals surface area contributed by atoms with E-state index in [9.17, 15) is 18.0 Å². The molecule has 9 heteroatoms. The van der Waals surface area contributed by atoms with E-state index in [4.69, 9.17) is 4.52 Å². The molecule has 130 valence electrons. The third kappa shape index (κ3) is 3.44. The fourth-order valence-electron chi connectivity index (χ4n) is 2.21. The highest BCUT2D eigenvalue weighted by molar-refractivity contribution is 5.55. The first-order valence-corrected chi connectivity index (χ1v) is 7.28. The zero-order valence-corrected chi connectivity index (χ0v) is 13.3. The molecule has 3 aromatic rings. The van der Waals surface area contributed by atoms with Crippen LogP contribution >= 0.6 is 0 Å². The maximum absolute atomic E-state index is 12.8. The topological polar surface area (TPSA) is 73.8 Å². The summed E-state index contributed by atoms with van der Waals surface area (Å²) in [7, 11) is 0. The monoisotopic (exact) mass is 350 g/mol. The molecule has 0 amide bonds. The largest absolute Gasteiger partial charge is 0.416 e. The number of hydrogen-bond acceptors (Lipinski definition) is 5. The molecule has 0 aliphatic rings. The molecule has 0 radical (unpaired) electrons. The van der Waals surface area contributed by atoms with Gasteiger partial charge in [-0.15, -0.1) is 0 Å². The van der Waals surface area contributed by atoms with Gasteiger partial charge in [-0.1, -0.05) is 17.3 Å². The van der Waals surface area contributed by atoms with Crippen molar-refractivity contribution in [2.45, 2.75) is 26.6 Å². The van der Waals surface area contributed by atoms with Crippen molar-refractivity contribution in [3.63, 3.8) is 0 Å². The summed E-state index contributed by atoms with van der Waals surface area (Å²) < 4.78 is 44.7. The number of hydrogen-bond donors (Lipinski definition) is 0. The minimum atomic E-state index is -4.46. The van der Waals surface area contributed by atoms with Gasteiger partial charge in [-0.25, -0.2) is 4.98 Å². The number of halogens is 3. The molecule has 1 aromatic carbocycles. The fourth-order valence-corrected chi connectivity index (χ4v) is 2.21. The molecular weight excluding hydrogens is 337 g/mol. The predicted molar refractivity (Wildman–Crippen MR) is 81.8 cm³/mol. The lowest BCUT2D eigenvalue weighted by Gasteiger charge is -2.06. The second-order valence-electron chi connectivity index (χ2n) is 5.48. The summed E-state index contributed by atoms with van der Waals surface area (Å²) in [5.74, 6) is 0.116. The first-order valence-electron chi connectivity index (χ1n) is 7.28. The van der Waals surface area contributed by atoms with E-state index in [1.807, 2.05) is 0 Å². The number of nitrogens with zero attached hydrogens (tertiary/aromatic N) is 4. The first kappa shape index (κ1) is 16.9. The van der Waals surface area contributed by atoms with Gasteiger partial charge in [-0.3, -0.25) is 9.36 Å². The SMILES string of the molecule is Cc1ncn(Cc2nc(-c3cccc(C(F)(F)F)c3)no2)c(=O)c1C. The normalized spacial score (nSPS) is 11.7. The Kier molecular flexibility index (Phi) is 4.15. The fraction of sp³-hybridized carbons (Fsp3) is 0.250. The zero-order valence-electron chi connectivity index (χ0n) is 13.3. The molecular formula is C16H13F3N4O2. The lowest BCUT2D eigenvalue weighted by molar-refractivity contribution is -0.137. The number of aryl methyl sites for hydroxylation is 1. The van der Waals surface area contributed by atoms with Gasteiger partial charge in [0.15, 0.2) is 0 Å². The van der Waals surface area contributed by atoms with Gasteiger partial charge in [0.05, 0.1) is 11.9 Å². The molecule has 3 rings (SSSR count). The van der Waals surface area contributed by atoms with Crippen molar-refractivity contribution in [1.82, 2.24) is 19.7 Å². The second-order valence-corrected chi connectivity index (χ2v) is 5.48. The lowest BCUT2D eigenvalue weighted by Crippen LogP contribution is -2.24. The molecule has 2 heterocycles. The summed E-state index contributed by atoms with van der Waals surface area (Å²) in [6, 6.07) is 4.63. The van der Waals surface area contributed by atoms with E-state index in [0.29, 0.717) is 11.3 Å². The first-order chi connectivity index (χ1) is 11.8. The van der Waals surface area contributed by atoms with Crippen LogP contribution in [0.15, 0.2) is 39.9 Å². The van der Waals surface area contributed by atoms with Gasteiger partial charge >= 0.3 is 6.18 Å². The van der Waals surface area contributed by atoms with E-state index in [-0.39, 0.29) is 29.4 Å². The number of aromatic nitrogens is 4. The quantitative estimate of drug-likeness (QED) is 0.726. The van der Waals surface area contributed by atoms with Crippen LogP contribution in [-0.4, -0.2) is 19.7 Å². The van der Waals surface area contributed by atoms with Gasteiger partial charge in [0.2, 0.25) is 11.7 Å². The van der Waals surface area contributed by atoms with Crippen LogP contribution in [0.25, 0.3) is 11.4 Å². The van der Waals surface area contributed by atoms with Crippen LogP contribution in [0.5, 0.6) is 0 Å². The molecule has 6 nitrogen and oxygen atoms in total. The van der Waals surface area contributed by atoms with Gasteiger partial charge in [0.25, 0.3) is 5.56 Å². The van der Waals surface area contributed by atoms with Crippen molar-refractivity contribution >= 4 is 0 Å². The average Bonchev–Trinajstić information content (AvgIpc) is 3.03. The van der Waals surface area contributed by atoms with Crippen LogP contribution in [0.1, 0.15) is 22.7 Å². The van der Waals surface area contributed by atoms with Gasteiger partial charge in [-0.05, 0) is 26.0 Å². The van der Waals surface area contributed by atoms with E-state index in [0.717, 1.165) is 12.1 Å². The smallest absolute Gasteiger partial charge is 0.337 e. The van der Waals surface area contributed by atoms with E-state index < -0.39 is 11.7 Å². The van der Waals surface area contributed by atoms with Gasteiger partial charge in [0, 0.05) is 16.8 Å². The molecule has 0 spiro atoms. The average molecular weight is 350 g/mol. The molecule has 0 aliphatic heterocycles. The number of benzene rings is 1. The molecule has 0 aliphatic carbocycles. The van der Waals surface area contributed by atoms with Gasteiger partial charge in [-0.2, -0.15) is 18.2 Å². The minimum absolute atomic E-state index is 0.0150. The maximum atomic E-state index is 12.8. The van der Waals surface area contributed by atoms with Crippen molar-refractivity contribution in [3.8, 4) is 11.4 Å². The Morgan fingerprint density at radius 3 is 2.72 bits per heavy atom. The zero-order chi connectivity index (χ0) is 18.2. The number of rotatable bonds is 3. The summed E-state index contributed by atoms with van der Waals surface area (Å²) in [5.41, 5.74) is 0.254. The highest BCUT2D eigenvalue weighted by atomic mass is 19.4. The summed E-state index contributed by atoms with van der Waals surface area (Å²) in [6.45, 7) is 3.36. The van der Waals surface area contributed by atoms with Gasteiger partial charge in [0.1, 0.15) is 6.54 Å². The van der Waals surface area contributed by atoms with Crippen LogP contribution in [0.2, 0.25) is 0 Å². The highest BCUT2D eigenvalue weighted by Gasteiger charge is 2.30. The van der Waals surface area contributed by atoms with Crippen molar-refractivity contribution in [3.05, 3.63) is 63.7 Å². The third-order valence-electron chi connectivity index (χ3n) is 3.74. The highest BCUT2D eigenvalue weighted by Crippen LogP contribution is 2.31. The van der Waals surface area contributed by atoms with Crippen molar-refractivity contribution < 1.29 is 17.7 Å². The van der Waals surface area contributed by atoms with E-state index in [2.05, 4.69) is 15.1 Å². The Morgan fingerprint density at radius 1 is 1.24 bits per heavy atom. The van der Waals surface area contributed by atoms with Crippen molar-refractivity contribution in [2.75, 3.05) is 0 Å². The van der Waals surface area contributed by atoms with E-state index in [1.54, 1.807) is 13.8 Å². The molecule has 25 heavy (non-hydrogen) atoms. The third-order valence-corrected chi connectivity index (χ3v) is 3.74.